The number of piperidine rings is 1. The van der Waals surface area contributed by atoms with E-state index in [9.17, 15) is 19.2 Å². The summed E-state index contributed by atoms with van der Waals surface area (Å²) in [5.41, 5.74) is 0.122. The first kappa shape index (κ1) is 26.7. The third-order valence-electron chi connectivity index (χ3n) is 5.49. The summed E-state index contributed by atoms with van der Waals surface area (Å²) < 4.78 is 10.6. The van der Waals surface area contributed by atoms with E-state index < -0.39 is 29.4 Å². The molecule has 11 nitrogen and oxygen atoms in total. The van der Waals surface area contributed by atoms with Crippen molar-refractivity contribution in [3.05, 3.63) is 53.6 Å². The van der Waals surface area contributed by atoms with Gasteiger partial charge in [0.25, 0.3) is 11.8 Å². The van der Waals surface area contributed by atoms with E-state index in [1.165, 1.54) is 13.3 Å². The van der Waals surface area contributed by atoms with Crippen molar-refractivity contribution in [2.45, 2.75) is 64.8 Å². The molecule has 1 aliphatic rings. The van der Waals surface area contributed by atoms with Gasteiger partial charge in [-0.05, 0) is 46.1 Å². The normalized spacial score (nSPS) is 15.1. The largest absolute Gasteiger partial charge is 0.459 e. The molecule has 0 radical (unpaired) electrons. The van der Waals surface area contributed by atoms with Gasteiger partial charge >= 0.3 is 12.1 Å². The molecule has 1 fully saturated rings. The van der Waals surface area contributed by atoms with Gasteiger partial charge in [0.15, 0.2) is 5.69 Å². The Hall–Kier alpha value is -3.89. The predicted octanol–water partition coefficient (Wildman–Crippen LogP) is 2.40. The monoisotopic (exact) mass is 499 g/mol. The first-order chi connectivity index (χ1) is 17.0. The molecule has 0 aliphatic carbocycles. The third-order valence-corrected chi connectivity index (χ3v) is 5.49. The van der Waals surface area contributed by atoms with Crippen LogP contribution in [-0.4, -0.2) is 69.5 Å². The second kappa shape index (κ2) is 11.7. The number of carbonyl (C=O) groups is 4. The van der Waals surface area contributed by atoms with Crippen LogP contribution in [0.1, 0.15) is 67.1 Å². The maximum absolute atomic E-state index is 12.8. The van der Waals surface area contributed by atoms with E-state index >= 15 is 0 Å². The molecule has 1 saturated heterocycles. The SMILES string of the molecule is CC(NC(=O)c1nc[nH]c1C(=O)NC1CCN(C(=O)OC(C)(C)C)CC1)C(=O)OCc1ccccc1. The zero-order chi connectivity index (χ0) is 26.3. The lowest BCUT2D eigenvalue weighted by Crippen LogP contribution is -2.48. The molecule has 194 valence electrons. The molecule has 3 amide bonds. The van der Waals surface area contributed by atoms with Crippen molar-refractivity contribution in [2.75, 3.05) is 13.1 Å². The van der Waals surface area contributed by atoms with Crippen LogP contribution >= 0.6 is 0 Å². The molecule has 1 aliphatic heterocycles. The van der Waals surface area contributed by atoms with Gasteiger partial charge in [0.1, 0.15) is 23.9 Å². The Morgan fingerprint density at radius 2 is 1.78 bits per heavy atom. The van der Waals surface area contributed by atoms with E-state index in [1.54, 1.807) is 4.90 Å². The van der Waals surface area contributed by atoms with Crippen LogP contribution < -0.4 is 10.6 Å². The van der Waals surface area contributed by atoms with Crippen LogP contribution in [0.25, 0.3) is 0 Å². The van der Waals surface area contributed by atoms with Crippen LogP contribution in [-0.2, 0) is 20.9 Å². The number of carbonyl (C=O) groups excluding carboxylic acids is 4. The maximum Gasteiger partial charge on any atom is 0.410 e. The molecule has 1 unspecified atom stereocenters. The minimum absolute atomic E-state index is 0.00748. The molecule has 0 saturated carbocycles. The number of hydrogen-bond acceptors (Lipinski definition) is 7. The third kappa shape index (κ3) is 7.56. The number of H-pyrrole nitrogens is 1. The van der Waals surface area contributed by atoms with Gasteiger partial charge in [-0.15, -0.1) is 0 Å². The van der Waals surface area contributed by atoms with Gasteiger partial charge in [-0.3, -0.25) is 9.59 Å². The van der Waals surface area contributed by atoms with Crippen LogP contribution in [0.5, 0.6) is 0 Å². The Labute approximate surface area is 209 Å². The van der Waals surface area contributed by atoms with E-state index in [2.05, 4.69) is 20.6 Å². The molecule has 2 aromatic rings. The first-order valence-corrected chi connectivity index (χ1v) is 11.9. The summed E-state index contributed by atoms with van der Waals surface area (Å²) >= 11 is 0. The summed E-state index contributed by atoms with van der Waals surface area (Å²) in [6.07, 6.45) is 1.96. The zero-order valence-corrected chi connectivity index (χ0v) is 21.0. The number of nitrogens with one attached hydrogen (secondary N) is 3. The fourth-order valence-electron chi connectivity index (χ4n) is 3.61. The lowest BCUT2D eigenvalue weighted by molar-refractivity contribution is -0.146. The molecule has 36 heavy (non-hydrogen) atoms. The molecule has 0 bridgehead atoms. The fourth-order valence-corrected chi connectivity index (χ4v) is 3.61. The number of aromatic amines is 1. The summed E-state index contributed by atoms with van der Waals surface area (Å²) in [6, 6.07) is 8.07. The minimum atomic E-state index is -0.939. The van der Waals surface area contributed by atoms with E-state index in [-0.39, 0.29) is 30.1 Å². The van der Waals surface area contributed by atoms with Gasteiger partial charge in [0, 0.05) is 19.1 Å². The van der Waals surface area contributed by atoms with E-state index in [1.807, 2.05) is 51.1 Å². The van der Waals surface area contributed by atoms with Crippen LogP contribution in [0.4, 0.5) is 4.79 Å². The number of hydrogen-bond donors (Lipinski definition) is 3. The Morgan fingerprint density at radius 3 is 2.42 bits per heavy atom. The highest BCUT2D eigenvalue weighted by atomic mass is 16.6. The quantitative estimate of drug-likeness (QED) is 0.497. The van der Waals surface area contributed by atoms with Crippen LogP contribution in [0, 0.1) is 0 Å². The summed E-state index contributed by atoms with van der Waals surface area (Å²) in [7, 11) is 0. The summed E-state index contributed by atoms with van der Waals surface area (Å²) in [5, 5.41) is 5.40. The predicted molar refractivity (Wildman–Crippen MR) is 130 cm³/mol. The molecule has 11 heteroatoms. The Bertz CT molecular complexity index is 1070. The van der Waals surface area contributed by atoms with Gasteiger partial charge in [-0.1, -0.05) is 30.3 Å². The minimum Gasteiger partial charge on any atom is -0.459 e. The van der Waals surface area contributed by atoms with Gasteiger partial charge < -0.3 is 30.0 Å². The van der Waals surface area contributed by atoms with Gasteiger partial charge in [-0.25, -0.2) is 14.6 Å². The number of nitrogens with zero attached hydrogens (tertiary/aromatic N) is 2. The van der Waals surface area contributed by atoms with Crippen LogP contribution in [0.3, 0.4) is 0 Å². The fraction of sp³-hybridized carbons (Fsp3) is 0.480. The Balaban J connectivity index is 1.49. The molecule has 2 heterocycles. The summed E-state index contributed by atoms with van der Waals surface area (Å²) in [6.45, 7) is 7.90. The van der Waals surface area contributed by atoms with Gasteiger partial charge in [0.05, 0.1) is 6.33 Å². The molecule has 1 aromatic carbocycles. The summed E-state index contributed by atoms with van der Waals surface area (Å²) in [5.74, 6) is -1.77. The van der Waals surface area contributed by atoms with Gasteiger partial charge in [-0.2, -0.15) is 0 Å². The average molecular weight is 500 g/mol. The second-order valence-corrected chi connectivity index (χ2v) is 9.63. The van der Waals surface area contributed by atoms with Crippen molar-refractivity contribution in [3.63, 3.8) is 0 Å². The molecular formula is C25H33N5O6. The van der Waals surface area contributed by atoms with E-state index in [4.69, 9.17) is 9.47 Å². The molecule has 1 aromatic heterocycles. The number of rotatable bonds is 7. The van der Waals surface area contributed by atoms with Crippen LogP contribution in [0.15, 0.2) is 36.7 Å². The molecule has 0 spiro atoms. The standard InChI is InChI=1S/C25H33N5O6/c1-16(23(33)35-14-17-8-6-5-7-9-17)28-21(31)19-20(27-15-26-19)22(32)29-18-10-12-30(13-11-18)24(34)36-25(2,3)4/h5-9,15-16,18H,10-14H2,1-4H3,(H,26,27)(H,28,31)(H,29,32). The number of amides is 3. The maximum atomic E-state index is 12.8. The highest BCUT2D eigenvalue weighted by molar-refractivity contribution is 6.05. The highest BCUT2D eigenvalue weighted by Crippen LogP contribution is 2.16. The Morgan fingerprint density at radius 1 is 1.11 bits per heavy atom. The second-order valence-electron chi connectivity index (χ2n) is 9.63. The summed E-state index contributed by atoms with van der Waals surface area (Å²) in [4.78, 5) is 58.3. The number of ether oxygens (including phenoxy) is 2. The lowest BCUT2D eigenvalue weighted by atomic mass is 10.1. The van der Waals surface area contributed by atoms with E-state index in [0.29, 0.717) is 25.9 Å². The zero-order valence-electron chi connectivity index (χ0n) is 21.0. The number of benzene rings is 1. The smallest absolute Gasteiger partial charge is 0.410 e. The molecular weight excluding hydrogens is 466 g/mol. The van der Waals surface area contributed by atoms with Crippen LogP contribution in [0.2, 0.25) is 0 Å². The van der Waals surface area contributed by atoms with Gasteiger partial charge in [0.2, 0.25) is 0 Å². The van der Waals surface area contributed by atoms with Crippen molar-refractivity contribution in [1.29, 1.82) is 0 Å². The average Bonchev–Trinajstić information content (AvgIpc) is 3.33. The highest BCUT2D eigenvalue weighted by Gasteiger charge is 2.29. The number of esters is 1. The van der Waals surface area contributed by atoms with Crippen molar-refractivity contribution in [2.24, 2.45) is 0 Å². The van der Waals surface area contributed by atoms with Crippen molar-refractivity contribution in [3.8, 4) is 0 Å². The van der Waals surface area contributed by atoms with Crippen molar-refractivity contribution >= 4 is 23.9 Å². The first-order valence-electron chi connectivity index (χ1n) is 11.9. The van der Waals surface area contributed by atoms with Crippen molar-refractivity contribution in [1.82, 2.24) is 25.5 Å². The Kier molecular flexibility index (Phi) is 8.68. The molecule has 3 rings (SSSR count). The number of aromatic nitrogens is 2. The molecule has 1 atom stereocenters. The number of imidazole rings is 1. The number of likely N-dealkylation sites (tertiary alicyclic amines) is 1. The molecule has 3 N–H and O–H groups in total. The van der Waals surface area contributed by atoms with E-state index in [0.717, 1.165) is 5.56 Å². The van der Waals surface area contributed by atoms with Crippen molar-refractivity contribution < 1.29 is 28.7 Å². The topological polar surface area (TPSA) is 143 Å². The lowest BCUT2D eigenvalue weighted by Gasteiger charge is -2.33.